The zero-order chi connectivity index (χ0) is 21.2. The molecule has 0 N–H and O–H groups in total. The van der Waals surface area contributed by atoms with Crippen molar-refractivity contribution in [3.8, 4) is 16.9 Å². The van der Waals surface area contributed by atoms with Gasteiger partial charge in [0, 0.05) is 30.0 Å². The highest BCUT2D eigenvalue weighted by Crippen LogP contribution is 2.42. The molecule has 0 spiro atoms. The summed E-state index contributed by atoms with van der Waals surface area (Å²) in [5, 5.41) is 0. The summed E-state index contributed by atoms with van der Waals surface area (Å²) in [6.45, 7) is 15.6. The van der Waals surface area contributed by atoms with Gasteiger partial charge in [0.25, 0.3) is 0 Å². The summed E-state index contributed by atoms with van der Waals surface area (Å²) in [7, 11) is 0. The third-order valence-corrected chi connectivity index (χ3v) is 6.13. The molecule has 1 fully saturated rings. The maximum atomic E-state index is 14.8. The van der Waals surface area contributed by atoms with Gasteiger partial charge in [-0.15, -0.1) is 0 Å². The minimum Gasteiger partial charge on any atom is -0.491 e. The summed E-state index contributed by atoms with van der Waals surface area (Å²) < 4.78 is 20.3. The minimum atomic E-state index is -0.306. The van der Waals surface area contributed by atoms with Crippen LogP contribution in [0.3, 0.4) is 0 Å². The summed E-state index contributed by atoms with van der Waals surface area (Å²) >= 11 is 0. The first kappa shape index (κ1) is 21.6. The first-order valence-electron chi connectivity index (χ1n) is 10.9. The Morgan fingerprint density at radius 3 is 2.38 bits per heavy atom. The van der Waals surface area contributed by atoms with E-state index in [-0.39, 0.29) is 5.82 Å². The Hall–Kier alpha value is -2.10. The molecule has 0 unspecified atom stereocenters. The molecular weight excluding hydrogens is 363 g/mol. The van der Waals surface area contributed by atoms with Crippen molar-refractivity contribution in [2.24, 2.45) is 5.41 Å². The average molecular weight is 399 g/mol. The number of pyridine rings is 1. The van der Waals surface area contributed by atoms with Crippen LogP contribution in [0.15, 0.2) is 18.2 Å². The third-order valence-electron chi connectivity index (χ3n) is 6.13. The van der Waals surface area contributed by atoms with Gasteiger partial charge in [-0.1, -0.05) is 33.8 Å². The Morgan fingerprint density at radius 1 is 1.10 bits per heavy atom. The number of hydrogen-bond acceptors (Lipinski definition) is 3. The predicted molar refractivity (Wildman–Crippen MR) is 119 cm³/mol. The number of rotatable bonds is 6. The van der Waals surface area contributed by atoms with Crippen LogP contribution in [0.4, 0.5) is 10.1 Å². The van der Waals surface area contributed by atoms with Crippen LogP contribution in [0.25, 0.3) is 11.1 Å². The molecule has 1 aliphatic heterocycles. The molecule has 3 rings (SSSR count). The minimum absolute atomic E-state index is 0.306. The van der Waals surface area contributed by atoms with Crippen molar-refractivity contribution in [1.29, 1.82) is 0 Å². The fourth-order valence-corrected chi connectivity index (χ4v) is 4.31. The van der Waals surface area contributed by atoms with Crippen LogP contribution in [0.1, 0.15) is 63.9 Å². The standard InChI is InChI=1S/C25H35FN2O/c1-7-15-29-22-10-9-19(16-21(22)26)23-18(4)27-17(3)20(8-2)24(23)28-13-11-25(5,6)12-14-28/h9-10,16H,7-8,11-15H2,1-6H3. The number of ether oxygens (including phenoxy) is 1. The van der Waals surface area contributed by atoms with E-state index in [1.807, 2.05) is 19.9 Å². The fourth-order valence-electron chi connectivity index (χ4n) is 4.31. The van der Waals surface area contributed by atoms with Crippen LogP contribution in [-0.2, 0) is 6.42 Å². The Balaban J connectivity index is 2.10. The SMILES string of the molecule is CCCOc1ccc(-c2c(C)nc(C)c(CC)c2N2CCC(C)(C)CC2)cc1F. The number of aryl methyl sites for hydroxylation is 2. The Bertz CT molecular complexity index is 866. The molecule has 0 atom stereocenters. The van der Waals surface area contributed by atoms with E-state index in [9.17, 15) is 4.39 Å². The summed E-state index contributed by atoms with van der Waals surface area (Å²) in [4.78, 5) is 7.33. The lowest BCUT2D eigenvalue weighted by Crippen LogP contribution is -2.38. The molecule has 4 heteroatoms. The van der Waals surface area contributed by atoms with Gasteiger partial charge in [0.15, 0.2) is 11.6 Å². The van der Waals surface area contributed by atoms with Gasteiger partial charge in [-0.3, -0.25) is 4.98 Å². The summed E-state index contributed by atoms with van der Waals surface area (Å²) in [5.41, 5.74) is 6.88. The lowest BCUT2D eigenvalue weighted by Gasteiger charge is -2.40. The highest BCUT2D eigenvalue weighted by molar-refractivity contribution is 5.83. The second-order valence-corrected chi connectivity index (χ2v) is 8.98. The highest BCUT2D eigenvalue weighted by atomic mass is 19.1. The van der Waals surface area contributed by atoms with E-state index in [0.717, 1.165) is 61.3 Å². The van der Waals surface area contributed by atoms with Crippen molar-refractivity contribution in [3.05, 3.63) is 41.0 Å². The average Bonchev–Trinajstić information content (AvgIpc) is 2.67. The number of nitrogens with zero attached hydrogens (tertiary/aromatic N) is 2. The third kappa shape index (κ3) is 4.57. The van der Waals surface area contributed by atoms with Crippen molar-refractivity contribution in [2.45, 2.75) is 67.2 Å². The van der Waals surface area contributed by atoms with Gasteiger partial charge >= 0.3 is 0 Å². The lowest BCUT2D eigenvalue weighted by molar-refractivity contribution is 0.279. The maximum absolute atomic E-state index is 14.8. The van der Waals surface area contributed by atoms with Gasteiger partial charge < -0.3 is 9.64 Å². The van der Waals surface area contributed by atoms with Gasteiger partial charge in [-0.2, -0.15) is 0 Å². The van der Waals surface area contributed by atoms with Crippen LogP contribution in [0, 0.1) is 25.1 Å². The van der Waals surface area contributed by atoms with Crippen LogP contribution < -0.4 is 9.64 Å². The normalized spacial score (nSPS) is 16.2. The van der Waals surface area contributed by atoms with E-state index in [0.29, 0.717) is 17.8 Å². The fraction of sp³-hybridized carbons (Fsp3) is 0.560. The van der Waals surface area contributed by atoms with Gasteiger partial charge in [0.05, 0.1) is 12.3 Å². The molecule has 1 aromatic carbocycles. The molecule has 158 valence electrons. The number of aromatic nitrogens is 1. The van der Waals surface area contributed by atoms with Gasteiger partial charge in [-0.25, -0.2) is 4.39 Å². The molecule has 0 amide bonds. The largest absolute Gasteiger partial charge is 0.491 e. The van der Waals surface area contributed by atoms with Gasteiger partial charge in [0.1, 0.15) is 0 Å². The number of halogens is 1. The van der Waals surface area contributed by atoms with E-state index in [1.54, 1.807) is 12.1 Å². The quantitative estimate of drug-likeness (QED) is 0.557. The highest BCUT2D eigenvalue weighted by Gasteiger charge is 2.29. The van der Waals surface area contributed by atoms with Crippen molar-refractivity contribution in [1.82, 2.24) is 4.98 Å². The monoisotopic (exact) mass is 398 g/mol. The molecule has 0 aliphatic carbocycles. The Labute approximate surface area is 175 Å². The number of piperidine rings is 1. The molecule has 0 radical (unpaired) electrons. The van der Waals surface area contributed by atoms with E-state index in [2.05, 4.69) is 32.6 Å². The zero-order valence-electron chi connectivity index (χ0n) is 18.9. The first-order chi connectivity index (χ1) is 13.8. The lowest BCUT2D eigenvalue weighted by atomic mass is 9.82. The summed E-state index contributed by atoms with van der Waals surface area (Å²) in [6, 6.07) is 5.35. The van der Waals surface area contributed by atoms with Crippen molar-refractivity contribution in [2.75, 3.05) is 24.6 Å². The van der Waals surface area contributed by atoms with E-state index >= 15 is 0 Å². The molecule has 1 aromatic heterocycles. The molecule has 1 aliphatic rings. The van der Waals surface area contributed by atoms with Crippen LogP contribution in [-0.4, -0.2) is 24.7 Å². The molecule has 0 bridgehead atoms. The smallest absolute Gasteiger partial charge is 0.165 e. The first-order valence-corrected chi connectivity index (χ1v) is 10.9. The van der Waals surface area contributed by atoms with E-state index < -0.39 is 0 Å². The maximum Gasteiger partial charge on any atom is 0.165 e. The Morgan fingerprint density at radius 2 is 1.79 bits per heavy atom. The topological polar surface area (TPSA) is 25.4 Å². The number of anilines is 1. The Kier molecular flexibility index (Phi) is 6.50. The van der Waals surface area contributed by atoms with Crippen LogP contribution in [0.2, 0.25) is 0 Å². The van der Waals surface area contributed by atoms with Crippen molar-refractivity contribution in [3.63, 3.8) is 0 Å². The molecule has 1 saturated heterocycles. The molecule has 0 saturated carbocycles. The molecular formula is C25H35FN2O. The second-order valence-electron chi connectivity index (χ2n) is 8.98. The predicted octanol–water partition coefficient (Wildman–Crippen LogP) is 6.48. The summed E-state index contributed by atoms with van der Waals surface area (Å²) in [5.74, 6) is 0.0185. The van der Waals surface area contributed by atoms with Gasteiger partial charge in [-0.05, 0) is 68.2 Å². The van der Waals surface area contributed by atoms with E-state index in [1.165, 1.54) is 11.3 Å². The molecule has 2 heterocycles. The van der Waals surface area contributed by atoms with Crippen molar-refractivity contribution >= 4 is 5.69 Å². The van der Waals surface area contributed by atoms with E-state index in [4.69, 9.17) is 9.72 Å². The number of hydrogen-bond donors (Lipinski definition) is 0. The van der Waals surface area contributed by atoms with Gasteiger partial charge in [0.2, 0.25) is 0 Å². The second kappa shape index (κ2) is 8.73. The molecule has 29 heavy (non-hydrogen) atoms. The van der Waals surface area contributed by atoms with Crippen molar-refractivity contribution < 1.29 is 9.13 Å². The zero-order valence-corrected chi connectivity index (χ0v) is 18.9. The molecule has 3 nitrogen and oxygen atoms in total. The molecule has 2 aromatic rings. The van der Waals surface area contributed by atoms with Crippen LogP contribution >= 0.6 is 0 Å². The number of benzene rings is 1. The van der Waals surface area contributed by atoms with Crippen LogP contribution in [0.5, 0.6) is 5.75 Å². The summed E-state index contributed by atoms with van der Waals surface area (Å²) in [6.07, 6.45) is 4.10.